The molecule has 230 valence electrons. The summed E-state index contributed by atoms with van der Waals surface area (Å²) in [5, 5.41) is 6.79. The molecule has 0 bridgehead atoms. The predicted molar refractivity (Wildman–Crippen MR) is 165 cm³/mol. The van der Waals surface area contributed by atoms with Gasteiger partial charge in [-0.25, -0.2) is 0 Å². The van der Waals surface area contributed by atoms with Crippen LogP contribution in [0.15, 0.2) is 71.9 Å². The lowest BCUT2D eigenvalue weighted by atomic mass is 9.84. The molecule has 1 N–H and O–H groups in total. The van der Waals surface area contributed by atoms with Crippen LogP contribution in [0.4, 0.5) is 5.69 Å². The van der Waals surface area contributed by atoms with Crippen LogP contribution < -0.4 is 24.4 Å². The third-order valence-electron chi connectivity index (χ3n) is 7.74. The molecular formula is C33H41N3O7. The van der Waals surface area contributed by atoms with Crippen LogP contribution in [0.3, 0.4) is 0 Å². The Labute approximate surface area is 253 Å². The van der Waals surface area contributed by atoms with Gasteiger partial charge in [0.1, 0.15) is 42.3 Å². The van der Waals surface area contributed by atoms with Gasteiger partial charge in [0, 0.05) is 52.4 Å². The molecule has 2 aliphatic rings. The zero-order chi connectivity index (χ0) is 29.9. The number of benzene rings is 3. The van der Waals surface area contributed by atoms with E-state index in [1.807, 2.05) is 60.7 Å². The number of nitrogens with one attached hydrogen (secondary N) is 1. The molecule has 10 heteroatoms. The Morgan fingerprint density at radius 1 is 0.930 bits per heavy atom. The van der Waals surface area contributed by atoms with E-state index in [1.165, 1.54) is 0 Å². The zero-order valence-electron chi connectivity index (χ0n) is 24.9. The second-order valence-corrected chi connectivity index (χ2v) is 10.7. The fourth-order valence-corrected chi connectivity index (χ4v) is 5.59. The van der Waals surface area contributed by atoms with Crippen LogP contribution in [-0.4, -0.2) is 79.0 Å². The molecule has 2 aliphatic heterocycles. The molecule has 10 nitrogen and oxygen atoms in total. The molecule has 1 saturated heterocycles. The van der Waals surface area contributed by atoms with Crippen LogP contribution in [0.5, 0.6) is 23.0 Å². The van der Waals surface area contributed by atoms with E-state index in [9.17, 15) is 4.91 Å². The first-order valence-corrected chi connectivity index (χ1v) is 14.8. The van der Waals surface area contributed by atoms with Gasteiger partial charge < -0.3 is 38.6 Å². The number of nitroso groups, excluding NO2 is 1. The zero-order valence-corrected chi connectivity index (χ0v) is 24.9. The molecule has 3 atom stereocenters. The SMILES string of the molecule is COCCCN1CCOc2ccc(CO[C@H]3CNC[C@@H](N=O)[C@@H]3c3ccc(Oc4cccc(OCCOC)c4)cc3)cc21. The highest BCUT2D eigenvalue weighted by Crippen LogP contribution is 2.35. The summed E-state index contributed by atoms with van der Waals surface area (Å²) in [6.07, 6.45) is 0.723. The van der Waals surface area contributed by atoms with Gasteiger partial charge in [0.2, 0.25) is 0 Å². The Morgan fingerprint density at radius 2 is 1.77 bits per heavy atom. The van der Waals surface area contributed by atoms with Gasteiger partial charge in [-0.2, -0.15) is 4.91 Å². The van der Waals surface area contributed by atoms with Gasteiger partial charge >= 0.3 is 0 Å². The lowest BCUT2D eigenvalue weighted by Crippen LogP contribution is -2.48. The van der Waals surface area contributed by atoms with Crippen molar-refractivity contribution in [2.45, 2.75) is 31.1 Å². The highest BCUT2D eigenvalue weighted by Gasteiger charge is 2.36. The van der Waals surface area contributed by atoms with Crippen LogP contribution in [0, 0.1) is 4.91 Å². The molecule has 0 amide bonds. The second kappa shape index (κ2) is 15.7. The summed E-state index contributed by atoms with van der Waals surface area (Å²) in [6, 6.07) is 21.1. The number of piperidine rings is 1. The fourth-order valence-electron chi connectivity index (χ4n) is 5.59. The first-order valence-electron chi connectivity index (χ1n) is 14.8. The number of rotatable bonds is 15. The highest BCUT2D eigenvalue weighted by atomic mass is 16.5. The van der Waals surface area contributed by atoms with Crippen LogP contribution in [0.25, 0.3) is 0 Å². The summed E-state index contributed by atoms with van der Waals surface area (Å²) in [5.74, 6) is 2.78. The second-order valence-electron chi connectivity index (χ2n) is 10.7. The number of ether oxygens (including phenoxy) is 6. The number of hydrogen-bond acceptors (Lipinski definition) is 10. The van der Waals surface area contributed by atoms with E-state index in [0.29, 0.717) is 56.8 Å². The van der Waals surface area contributed by atoms with Gasteiger partial charge in [-0.15, -0.1) is 0 Å². The topological polar surface area (TPSA) is 100 Å². The lowest BCUT2D eigenvalue weighted by Gasteiger charge is -2.36. The Bertz CT molecular complexity index is 1310. The van der Waals surface area contributed by atoms with E-state index in [2.05, 4.69) is 21.5 Å². The molecule has 43 heavy (non-hydrogen) atoms. The molecule has 3 aromatic rings. The molecule has 2 heterocycles. The number of nitrogens with zero attached hydrogens (tertiary/aromatic N) is 2. The van der Waals surface area contributed by atoms with Crippen molar-refractivity contribution in [2.24, 2.45) is 5.18 Å². The predicted octanol–water partition coefficient (Wildman–Crippen LogP) is 5.15. The lowest BCUT2D eigenvalue weighted by molar-refractivity contribution is 0.00539. The van der Waals surface area contributed by atoms with Crippen molar-refractivity contribution < 1.29 is 28.4 Å². The van der Waals surface area contributed by atoms with Crippen molar-refractivity contribution in [2.75, 3.05) is 71.7 Å². The minimum Gasteiger partial charge on any atom is -0.491 e. The molecule has 5 rings (SSSR count). The summed E-state index contributed by atoms with van der Waals surface area (Å²) in [7, 11) is 3.37. The number of methoxy groups -OCH3 is 2. The maximum atomic E-state index is 11.9. The number of fused-ring (bicyclic) bond motifs is 1. The van der Waals surface area contributed by atoms with Crippen molar-refractivity contribution in [3.8, 4) is 23.0 Å². The minimum atomic E-state index is -0.445. The van der Waals surface area contributed by atoms with Crippen LogP contribution >= 0.6 is 0 Å². The molecule has 1 fully saturated rings. The maximum Gasteiger partial charge on any atom is 0.142 e. The van der Waals surface area contributed by atoms with Crippen molar-refractivity contribution in [3.05, 3.63) is 82.8 Å². The fraction of sp³-hybridized carbons (Fsp3) is 0.455. The molecule has 3 aromatic carbocycles. The van der Waals surface area contributed by atoms with E-state index >= 15 is 0 Å². The van der Waals surface area contributed by atoms with Gasteiger partial charge in [0.15, 0.2) is 0 Å². The third-order valence-corrected chi connectivity index (χ3v) is 7.74. The highest BCUT2D eigenvalue weighted by molar-refractivity contribution is 5.61. The summed E-state index contributed by atoms with van der Waals surface area (Å²) >= 11 is 0. The largest absolute Gasteiger partial charge is 0.491 e. The average molecular weight is 592 g/mol. The van der Waals surface area contributed by atoms with Gasteiger partial charge in [-0.1, -0.05) is 29.4 Å². The summed E-state index contributed by atoms with van der Waals surface area (Å²) in [4.78, 5) is 14.2. The Kier molecular flexibility index (Phi) is 11.2. The monoisotopic (exact) mass is 591 g/mol. The molecular weight excluding hydrogens is 550 g/mol. The first kappa shape index (κ1) is 30.7. The summed E-state index contributed by atoms with van der Waals surface area (Å²) in [6.45, 7) is 5.68. The summed E-state index contributed by atoms with van der Waals surface area (Å²) in [5.41, 5.74) is 3.12. The standard InChI is InChI=1S/C33H41N3O7/c1-38-15-4-13-36-14-16-41-31-12-7-24(19-30(31)36)23-42-32-22-34-21-29(35-37)33(32)25-8-10-26(11-9-25)43-28-6-3-5-27(20-28)40-18-17-39-2/h3,5-12,19-20,29,32-34H,4,13-18,21-23H2,1-2H3/t29-,32+,33+/m1/s1. The van der Waals surface area contributed by atoms with Crippen molar-refractivity contribution in [1.82, 2.24) is 5.32 Å². The van der Waals surface area contributed by atoms with Gasteiger partial charge in [-0.05, 0) is 53.9 Å². The molecule has 0 spiro atoms. The quantitative estimate of drug-likeness (QED) is 0.190. The van der Waals surface area contributed by atoms with E-state index in [4.69, 9.17) is 28.4 Å². The molecule has 0 aromatic heterocycles. The maximum absolute atomic E-state index is 11.9. The Morgan fingerprint density at radius 3 is 2.58 bits per heavy atom. The van der Waals surface area contributed by atoms with Crippen molar-refractivity contribution >= 4 is 5.69 Å². The third kappa shape index (κ3) is 8.23. The van der Waals surface area contributed by atoms with Crippen LogP contribution in [0.1, 0.15) is 23.5 Å². The molecule has 0 radical (unpaired) electrons. The van der Waals surface area contributed by atoms with Gasteiger partial charge in [-0.3, -0.25) is 0 Å². The van der Waals surface area contributed by atoms with E-state index in [-0.39, 0.29) is 12.0 Å². The Hall–Kier alpha value is -3.70. The van der Waals surface area contributed by atoms with Crippen molar-refractivity contribution in [1.29, 1.82) is 0 Å². The number of anilines is 1. The smallest absolute Gasteiger partial charge is 0.142 e. The molecule has 0 saturated carbocycles. The van der Waals surface area contributed by atoms with E-state index < -0.39 is 6.04 Å². The van der Waals surface area contributed by atoms with E-state index in [0.717, 1.165) is 48.7 Å². The summed E-state index contributed by atoms with van der Waals surface area (Å²) < 4.78 is 34.4. The normalized spacial score (nSPS) is 19.8. The van der Waals surface area contributed by atoms with Gasteiger partial charge in [0.25, 0.3) is 0 Å². The molecule has 0 aliphatic carbocycles. The van der Waals surface area contributed by atoms with Crippen LogP contribution in [-0.2, 0) is 20.8 Å². The van der Waals surface area contributed by atoms with E-state index in [1.54, 1.807) is 14.2 Å². The number of hydrogen-bond donors (Lipinski definition) is 1. The first-order chi connectivity index (χ1) is 21.2. The minimum absolute atomic E-state index is 0.184. The van der Waals surface area contributed by atoms with Crippen molar-refractivity contribution in [3.63, 3.8) is 0 Å². The average Bonchev–Trinajstić information content (AvgIpc) is 3.04. The van der Waals surface area contributed by atoms with Gasteiger partial charge in [0.05, 0.1) is 31.5 Å². The van der Waals surface area contributed by atoms with Crippen LogP contribution in [0.2, 0.25) is 0 Å². The Balaban J connectivity index is 1.25. The molecule has 0 unspecified atom stereocenters.